The Kier molecular flexibility index (Phi) is 9.68. The van der Waals surface area contributed by atoms with Crippen LogP contribution in [0.25, 0.3) is 11.1 Å². The molecular formula is C36H41NO4. The Morgan fingerprint density at radius 1 is 0.902 bits per heavy atom. The summed E-state index contributed by atoms with van der Waals surface area (Å²) in [5.74, 6) is 0.166. The van der Waals surface area contributed by atoms with Gasteiger partial charge in [0, 0.05) is 18.3 Å². The summed E-state index contributed by atoms with van der Waals surface area (Å²) in [6, 6.07) is 29.7. The zero-order chi connectivity index (χ0) is 28.5. The van der Waals surface area contributed by atoms with Gasteiger partial charge in [-0.15, -0.1) is 0 Å². The number of esters is 1. The molecule has 3 aromatic rings. The first kappa shape index (κ1) is 28.8. The molecular weight excluding hydrogens is 510 g/mol. The van der Waals surface area contributed by atoms with E-state index < -0.39 is 0 Å². The van der Waals surface area contributed by atoms with Crippen molar-refractivity contribution in [3.05, 3.63) is 108 Å². The summed E-state index contributed by atoms with van der Waals surface area (Å²) in [7, 11) is 1.43. The molecule has 1 heterocycles. The summed E-state index contributed by atoms with van der Waals surface area (Å²) in [6.07, 6.45) is 10.4. The molecule has 5 rings (SSSR count). The van der Waals surface area contributed by atoms with E-state index in [-0.39, 0.29) is 35.4 Å². The lowest BCUT2D eigenvalue weighted by Gasteiger charge is -2.39. The standard InChI is InChI=1S/C36H41NO4/c1-40-34(39)20-11-3-2-10-18-31-35(37-33(38)19-12-15-27-13-6-4-7-14-27)32-25-36(31,26-41-32)30-23-21-29(22-24-30)28-16-8-5-9-17-28/h2,4-10,13-14,16-17,21-24,31-32,35H,3,11-12,15,18-20,25-26H2,1H3,(H,37,38)/b10-2-/t31-,32-,35-,36-/m0/s1. The molecule has 0 unspecified atom stereocenters. The van der Waals surface area contributed by atoms with Gasteiger partial charge in [-0.25, -0.2) is 0 Å². The fourth-order valence-electron chi connectivity index (χ4n) is 6.61. The molecule has 1 aliphatic heterocycles. The van der Waals surface area contributed by atoms with Crippen LogP contribution >= 0.6 is 0 Å². The number of fused-ring (bicyclic) bond motifs is 2. The summed E-state index contributed by atoms with van der Waals surface area (Å²) in [5, 5.41) is 3.39. The summed E-state index contributed by atoms with van der Waals surface area (Å²) in [5.41, 5.74) is 4.81. The number of hydrogen-bond donors (Lipinski definition) is 1. The number of allylic oxidation sites excluding steroid dienone is 2. The van der Waals surface area contributed by atoms with Crippen molar-refractivity contribution in [3.63, 3.8) is 0 Å². The fraction of sp³-hybridized carbons (Fsp3) is 0.389. The third kappa shape index (κ3) is 6.97. The van der Waals surface area contributed by atoms with Crippen LogP contribution in [0, 0.1) is 5.92 Å². The SMILES string of the molecule is COC(=O)CCC/C=C\C[C@H]1[C@H](NC(=O)CCCc2ccccc2)[C@@H]2C[C@@]1(c1ccc(-c3ccccc3)cc1)CO2. The van der Waals surface area contributed by atoms with Gasteiger partial charge in [0.25, 0.3) is 0 Å². The number of amides is 1. The van der Waals surface area contributed by atoms with Crippen LogP contribution in [0.15, 0.2) is 97.1 Å². The quantitative estimate of drug-likeness (QED) is 0.144. The van der Waals surface area contributed by atoms with Crippen molar-refractivity contribution in [1.29, 1.82) is 0 Å². The molecule has 41 heavy (non-hydrogen) atoms. The predicted molar refractivity (Wildman–Crippen MR) is 162 cm³/mol. The lowest BCUT2D eigenvalue weighted by molar-refractivity contribution is -0.140. The van der Waals surface area contributed by atoms with Gasteiger partial charge >= 0.3 is 5.97 Å². The largest absolute Gasteiger partial charge is 0.469 e. The van der Waals surface area contributed by atoms with Crippen LogP contribution < -0.4 is 5.32 Å². The third-order valence-corrected chi connectivity index (χ3v) is 8.81. The minimum Gasteiger partial charge on any atom is -0.469 e. The number of hydrogen-bond acceptors (Lipinski definition) is 4. The minimum atomic E-state index is -0.170. The van der Waals surface area contributed by atoms with Crippen LogP contribution in [0.3, 0.4) is 0 Å². The number of nitrogens with one attached hydrogen (secondary N) is 1. The van der Waals surface area contributed by atoms with Crippen LogP contribution in [0.4, 0.5) is 0 Å². The van der Waals surface area contributed by atoms with Gasteiger partial charge in [0.1, 0.15) is 0 Å². The van der Waals surface area contributed by atoms with E-state index in [4.69, 9.17) is 9.47 Å². The molecule has 0 radical (unpaired) electrons. The zero-order valence-corrected chi connectivity index (χ0v) is 24.0. The van der Waals surface area contributed by atoms with Gasteiger partial charge in [-0.05, 0) is 66.7 Å². The second-order valence-corrected chi connectivity index (χ2v) is 11.4. The molecule has 1 amide bonds. The Labute approximate surface area is 244 Å². The van der Waals surface area contributed by atoms with Gasteiger partial charge in [0.05, 0.1) is 25.9 Å². The monoisotopic (exact) mass is 551 g/mol. The maximum atomic E-state index is 13.1. The first-order valence-electron chi connectivity index (χ1n) is 14.9. The molecule has 1 saturated carbocycles. The predicted octanol–water partition coefficient (Wildman–Crippen LogP) is 6.81. The smallest absolute Gasteiger partial charge is 0.305 e. The maximum absolute atomic E-state index is 13.1. The van der Waals surface area contributed by atoms with Gasteiger partial charge in [-0.2, -0.15) is 0 Å². The molecule has 0 spiro atoms. The van der Waals surface area contributed by atoms with Crippen molar-refractivity contribution in [3.8, 4) is 11.1 Å². The molecule has 1 aliphatic carbocycles. The number of benzene rings is 3. The Morgan fingerprint density at radius 2 is 1.61 bits per heavy atom. The second-order valence-electron chi connectivity index (χ2n) is 11.4. The summed E-state index contributed by atoms with van der Waals surface area (Å²) < 4.78 is 11.1. The van der Waals surface area contributed by atoms with Crippen molar-refractivity contribution in [1.82, 2.24) is 5.32 Å². The van der Waals surface area contributed by atoms with E-state index in [9.17, 15) is 9.59 Å². The van der Waals surface area contributed by atoms with Crippen LogP contribution in [0.5, 0.6) is 0 Å². The Morgan fingerprint density at radius 3 is 2.34 bits per heavy atom. The molecule has 214 valence electrons. The molecule has 1 saturated heterocycles. The zero-order valence-electron chi connectivity index (χ0n) is 24.0. The Bertz CT molecular complexity index is 1300. The van der Waals surface area contributed by atoms with Crippen molar-refractivity contribution in [2.45, 2.75) is 68.9 Å². The van der Waals surface area contributed by atoms with Crippen molar-refractivity contribution in [2.24, 2.45) is 5.92 Å². The molecule has 2 aliphatic rings. The average Bonchev–Trinajstić information content (AvgIpc) is 3.58. The van der Waals surface area contributed by atoms with Gasteiger partial charge in [-0.3, -0.25) is 9.59 Å². The van der Waals surface area contributed by atoms with Crippen molar-refractivity contribution >= 4 is 11.9 Å². The van der Waals surface area contributed by atoms with E-state index in [0.717, 1.165) is 38.5 Å². The number of unbranched alkanes of at least 4 members (excludes halogenated alkanes) is 1. The minimum absolute atomic E-state index is 0.0135. The van der Waals surface area contributed by atoms with E-state index in [1.165, 1.54) is 29.4 Å². The molecule has 5 nitrogen and oxygen atoms in total. The van der Waals surface area contributed by atoms with Gasteiger partial charge < -0.3 is 14.8 Å². The molecule has 4 atom stereocenters. The molecule has 2 fully saturated rings. The number of carbonyl (C=O) groups excluding carboxylic acids is 2. The van der Waals surface area contributed by atoms with Gasteiger partial charge in [-0.1, -0.05) is 97.1 Å². The molecule has 1 N–H and O–H groups in total. The first-order valence-corrected chi connectivity index (χ1v) is 14.9. The number of carbonyl (C=O) groups is 2. The highest BCUT2D eigenvalue weighted by Crippen LogP contribution is 2.54. The Balaban J connectivity index is 1.28. The Hall–Kier alpha value is -3.70. The normalized spacial score (nSPS) is 23.1. The lowest BCUT2D eigenvalue weighted by Crippen LogP contribution is -2.51. The van der Waals surface area contributed by atoms with Crippen LogP contribution in [0.2, 0.25) is 0 Å². The van der Waals surface area contributed by atoms with Crippen LogP contribution in [-0.2, 0) is 30.9 Å². The highest BCUT2D eigenvalue weighted by atomic mass is 16.5. The number of methoxy groups -OCH3 is 1. The van der Waals surface area contributed by atoms with Crippen molar-refractivity contribution in [2.75, 3.05) is 13.7 Å². The van der Waals surface area contributed by atoms with Gasteiger partial charge in [0.15, 0.2) is 0 Å². The number of aryl methyl sites for hydroxylation is 1. The molecule has 2 bridgehead atoms. The highest BCUT2D eigenvalue weighted by molar-refractivity contribution is 5.76. The van der Waals surface area contributed by atoms with Crippen LogP contribution in [-0.4, -0.2) is 37.7 Å². The van der Waals surface area contributed by atoms with E-state index in [1.807, 2.05) is 24.3 Å². The third-order valence-electron chi connectivity index (χ3n) is 8.81. The number of ether oxygens (including phenoxy) is 2. The molecule has 3 aromatic carbocycles. The summed E-state index contributed by atoms with van der Waals surface area (Å²) in [6.45, 7) is 0.670. The highest BCUT2D eigenvalue weighted by Gasteiger charge is 2.59. The fourth-order valence-corrected chi connectivity index (χ4v) is 6.61. The van der Waals surface area contributed by atoms with E-state index in [1.54, 1.807) is 0 Å². The maximum Gasteiger partial charge on any atom is 0.305 e. The summed E-state index contributed by atoms with van der Waals surface area (Å²) >= 11 is 0. The molecule has 0 aromatic heterocycles. The molecule has 5 heteroatoms. The van der Waals surface area contributed by atoms with Gasteiger partial charge in [0.2, 0.25) is 5.91 Å². The van der Waals surface area contributed by atoms with E-state index in [0.29, 0.717) is 19.4 Å². The topological polar surface area (TPSA) is 64.6 Å². The first-order chi connectivity index (χ1) is 20.1. The van der Waals surface area contributed by atoms with E-state index in [2.05, 4.69) is 78.1 Å². The van der Waals surface area contributed by atoms with E-state index >= 15 is 0 Å². The summed E-state index contributed by atoms with van der Waals surface area (Å²) in [4.78, 5) is 24.6. The van der Waals surface area contributed by atoms with Crippen LogP contribution in [0.1, 0.15) is 56.1 Å². The van der Waals surface area contributed by atoms with Crippen molar-refractivity contribution < 1.29 is 19.1 Å². The number of rotatable bonds is 13. The average molecular weight is 552 g/mol. The second kappa shape index (κ2) is 13.8. The lowest BCUT2D eigenvalue weighted by atomic mass is 9.70.